The maximum absolute atomic E-state index is 11.3. The molecule has 0 bridgehead atoms. The second-order valence-corrected chi connectivity index (χ2v) is 4.83. The van der Waals surface area contributed by atoms with Crippen LogP contribution in [-0.2, 0) is 4.79 Å². The predicted octanol–water partition coefficient (Wildman–Crippen LogP) is 2.67. The van der Waals surface area contributed by atoms with Crippen molar-refractivity contribution in [2.24, 2.45) is 5.92 Å². The smallest absolute Gasteiger partial charge is 0.132 e. The van der Waals surface area contributed by atoms with Gasteiger partial charge in [0.25, 0.3) is 0 Å². The third-order valence-electron chi connectivity index (χ3n) is 3.11. The van der Waals surface area contributed by atoms with E-state index in [1.165, 1.54) is 0 Å². The molecule has 3 nitrogen and oxygen atoms in total. The van der Waals surface area contributed by atoms with E-state index < -0.39 is 0 Å². The Morgan fingerprint density at radius 1 is 1.31 bits per heavy atom. The van der Waals surface area contributed by atoms with Crippen molar-refractivity contribution in [3.8, 4) is 0 Å². The molecule has 1 saturated carbocycles. The molecule has 1 rings (SSSR count). The fourth-order valence-corrected chi connectivity index (χ4v) is 2.38. The number of hydrogen-bond acceptors (Lipinski definition) is 3. The summed E-state index contributed by atoms with van der Waals surface area (Å²) in [5.74, 6) is 0.552. The van der Waals surface area contributed by atoms with Gasteiger partial charge in [-0.3, -0.25) is 4.79 Å². The molecule has 0 aromatic carbocycles. The molecule has 0 aromatic heterocycles. The number of carbonyl (C=O) groups is 1. The average Bonchev–Trinajstić information content (AvgIpc) is 2.16. The van der Waals surface area contributed by atoms with E-state index in [1.807, 2.05) is 13.0 Å². The highest BCUT2D eigenvalue weighted by atomic mass is 16.1. The van der Waals surface area contributed by atoms with Crippen molar-refractivity contribution >= 4 is 11.5 Å². The van der Waals surface area contributed by atoms with E-state index in [-0.39, 0.29) is 5.92 Å². The predicted molar refractivity (Wildman–Crippen MR) is 66.7 cm³/mol. The van der Waals surface area contributed by atoms with Crippen LogP contribution in [0.1, 0.15) is 46.5 Å². The molecule has 3 heteroatoms. The molecule has 0 aliphatic heterocycles. The van der Waals surface area contributed by atoms with Crippen molar-refractivity contribution in [2.45, 2.75) is 52.5 Å². The van der Waals surface area contributed by atoms with Gasteiger partial charge in [-0.25, -0.2) is 0 Å². The zero-order valence-electron chi connectivity index (χ0n) is 10.5. The number of carbonyl (C=O) groups excluding carboxylic acids is 1. The van der Waals surface area contributed by atoms with Crippen LogP contribution in [0.2, 0.25) is 0 Å². The van der Waals surface area contributed by atoms with Crippen molar-refractivity contribution in [2.75, 3.05) is 0 Å². The summed E-state index contributed by atoms with van der Waals surface area (Å²) in [4.78, 5) is 11.3. The zero-order chi connectivity index (χ0) is 12.1. The largest absolute Gasteiger partial charge is 0.386 e. The second kappa shape index (κ2) is 5.83. The van der Waals surface area contributed by atoms with Crippen LogP contribution in [0.25, 0.3) is 0 Å². The van der Waals surface area contributed by atoms with E-state index in [2.05, 4.69) is 5.32 Å². The minimum Gasteiger partial charge on any atom is -0.386 e. The van der Waals surface area contributed by atoms with Crippen LogP contribution < -0.4 is 5.32 Å². The Bertz CT molecular complexity index is 307. The number of rotatable bonds is 4. The topological polar surface area (TPSA) is 53.0 Å². The van der Waals surface area contributed by atoms with Crippen LogP contribution in [-0.4, -0.2) is 17.5 Å². The molecule has 0 amide bonds. The fourth-order valence-electron chi connectivity index (χ4n) is 2.38. The monoisotopic (exact) mass is 222 g/mol. The van der Waals surface area contributed by atoms with E-state index in [0.717, 1.165) is 31.4 Å². The lowest BCUT2D eigenvalue weighted by Crippen LogP contribution is -2.35. The molecule has 2 atom stereocenters. The Kier molecular flexibility index (Phi) is 4.71. The van der Waals surface area contributed by atoms with E-state index in [1.54, 1.807) is 13.8 Å². The molecule has 1 fully saturated rings. The number of Topliss-reactive ketones (excluding diaryl/α,β-unsaturated/α-hetero) is 1. The van der Waals surface area contributed by atoms with Gasteiger partial charge in [0, 0.05) is 23.4 Å². The Morgan fingerprint density at radius 3 is 2.56 bits per heavy atom. The zero-order valence-corrected chi connectivity index (χ0v) is 10.5. The van der Waals surface area contributed by atoms with Gasteiger partial charge in [-0.15, -0.1) is 0 Å². The van der Waals surface area contributed by atoms with Gasteiger partial charge >= 0.3 is 0 Å². The van der Waals surface area contributed by atoms with Gasteiger partial charge in [0.2, 0.25) is 0 Å². The molecular formula is C13H22N2O. The minimum absolute atomic E-state index is 0.236. The summed E-state index contributed by atoms with van der Waals surface area (Å²) in [6.07, 6.45) is 6.07. The molecule has 1 aliphatic carbocycles. The van der Waals surface area contributed by atoms with E-state index in [0.29, 0.717) is 17.5 Å². The average molecular weight is 222 g/mol. The van der Waals surface area contributed by atoms with Crippen LogP contribution in [0.15, 0.2) is 11.8 Å². The third kappa shape index (κ3) is 4.17. The van der Waals surface area contributed by atoms with E-state index >= 15 is 0 Å². The highest BCUT2D eigenvalue weighted by Crippen LogP contribution is 2.25. The third-order valence-corrected chi connectivity index (χ3v) is 3.11. The molecule has 0 aromatic rings. The first-order chi connectivity index (χ1) is 7.49. The fraction of sp³-hybridized carbons (Fsp3) is 0.692. The minimum atomic E-state index is 0.236. The van der Waals surface area contributed by atoms with Crippen LogP contribution in [0.5, 0.6) is 0 Å². The van der Waals surface area contributed by atoms with Crippen molar-refractivity contribution in [1.82, 2.24) is 5.32 Å². The van der Waals surface area contributed by atoms with Gasteiger partial charge < -0.3 is 10.7 Å². The van der Waals surface area contributed by atoms with E-state index in [4.69, 9.17) is 5.41 Å². The Labute approximate surface area is 97.8 Å². The molecule has 0 heterocycles. The summed E-state index contributed by atoms with van der Waals surface area (Å²) in [6.45, 7) is 5.44. The van der Waals surface area contributed by atoms with Gasteiger partial charge in [-0.05, 0) is 46.1 Å². The molecular weight excluding hydrogens is 200 g/mol. The molecule has 2 N–H and O–H groups in total. The molecule has 90 valence electrons. The molecule has 0 radical (unpaired) electrons. The van der Waals surface area contributed by atoms with Gasteiger partial charge in [0.05, 0.1) is 0 Å². The van der Waals surface area contributed by atoms with Crippen LogP contribution >= 0.6 is 0 Å². The summed E-state index contributed by atoms with van der Waals surface area (Å²) in [7, 11) is 0. The quantitative estimate of drug-likeness (QED) is 0.718. The van der Waals surface area contributed by atoms with Gasteiger partial charge in [0.15, 0.2) is 0 Å². The highest BCUT2D eigenvalue weighted by molar-refractivity contribution is 5.90. The first-order valence-corrected chi connectivity index (χ1v) is 5.99. The lowest BCUT2D eigenvalue weighted by atomic mass is 9.83. The number of ketones is 1. The molecule has 0 spiro atoms. The Balaban J connectivity index is 2.49. The van der Waals surface area contributed by atoms with Gasteiger partial charge in [-0.1, -0.05) is 6.42 Å². The second-order valence-electron chi connectivity index (χ2n) is 4.83. The van der Waals surface area contributed by atoms with Crippen molar-refractivity contribution in [3.05, 3.63) is 11.8 Å². The van der Waals surface area contributed by atoms with Crippen molar-refractivity contribution in [1.29, 1.82) is 5.41 Å². The summed E-state index contributed by atoms with van der Waals surface area (Å²) in [5, 5.41) is 10.8. The number of allylic oxidation sites excluding steroid dienone is 2. The first kappa shape index (κ1) is 12.9. The van der Waals surface area contributed by atoms with Gasteiger partial charge in [0.1, 0.15) is 5.78 Å². The molecule has 16 heavy (non-hydrogen) atoms. The summed E-state index contributed by atoms with van der Waals surface area (Å²) in [5.41, 5.74) is 1.59. The Hall–Kier alpha value is -1.12. The lowest BCUT2D eigenvalue weighted by Gasteiger charge is -2.29. The highest BCUT2D eigenvalue weighted by Gasteiger charge is 2.24. The maximum Gasteiger partial charge on any atom is 0.132 e. The van der Waals surface area contributed by atoms with Crippen LogP contribution in [0.3, 0.4) is 0 Å². The maximum atomic E-state index is 11.3. The molecule has 0 saturated heterocycles. The first-order valence-electron chi connectivity index (χ1n) is 5.99. The van der Waals surface area contributed by atoms with E-state index in [9.17, 15) is 4.79 Å². The molecule has 1 aliphatic rings. The molecule has 0 unspecified atom stereocenters. The summed E-state index contributed by atoms with van der Waals surface area (Å²) < 4.78 is 0. The van der Waals surface area contributed by atoms with Crippen molar-refractivity contribution in [3.63, 3.8) is 0 Å². The summed E-state index contributed by atoms with van der Waals surface area (Å²) >= 11 is 0. The SMILES string of the molecule is CC(=N)/C=C(\C)N[C@@H]1CCC[C@@H](C(C)=O)C1. The van der Waals surface area contributed by atoms with Crippen molar-refractivity contribution < 1.29 is 4.79 Å². The van der Waals surface area contributed by atoms with Crippen LogP contribution in [0, 0.1) is 11.3 Å². The van der Waals surface area contributed by atoms with Crippen LogP contribution in [0.4, 0.5) is 0 Å². The lowest BCUT2D eigenvalue weighted by molar-refractivity contribution is -0.121. The van der Waals surface area contributed by atoms with Gasteiger partial charge in [-0.2, -0.15) is 0 Å². The Morgan fingerprint density at radius 2 is 2.00 bits per heavy atom. The normalized spacial score (nSPS) is 26.3. The summed E-state index contributed by atoms with van der Waals surface area (Å²) in [6, 6.07) is 0.401. The standard InChI is InChI=1S/C13H22N2O/c1-9(14)7-10(2)15-13-6-4-5-12(8-13)11(3)16/h7,12-15H,4-6,8H2,1-3H3/b10-7+,14-9?/t12-,13-/m1/s1. The number of nitrogens with one attached hydrogen (secondary N) is 2. The number of hydrogen-bond donors (Lipinski definition) is 2.